The van der Waals surface area contributed by atoms with Crippen LogP contribution in [0, 0.1) is 0 Å². The minimum Gasteiger partial charge on any atom is -0.460 e. The van der Waals surface area contributed by atoms with Gasteiger partial charge in [-0.15, -0.1) is 0 Å². The van der Waals surface area contributed by atoms with Crippen molar-refractivity contribution in [3.8, 4) is 0 Å². The third-order valence-corrected chi connectivity index (χ3v) is 1.61. The van der Waals surface area contributed by atoms with Crippen molar-refractivity contribution in [2.75, 3.05) is 19.8 Å². The largest absolute Gasteiger partial charge is 0.460 e. The number of ether oxygens (including phenoxy) is 1. The van der Waals surface area contributed by atoms with E-state index < -0.39 is 12.1 Å². The van der Waals surface area contributed by atoms with Crippen molar-refractivity contribution in [2.45, 2.75) is 19.4 Å². The summed E-state index contributed by atoms with van der Waals surface area (Å²) >= 11 is 0. The smallest absolute Gasteiger partial charge is 0.333 e. The summed E-state index contributed by atoms with van der Waals surface area (Å²) in [6, 6.07) is 0. The Kier molecular flexibility index (Phi) is 7.00. The molecule has 0 aromatic rings. The molecule has 0 aromatic carbocycles. The van der Waals surface area contributed by atoms with Crippen LogP contribution < -0.4 is 5.73 Å². The highest BCUT2D eigenvalue weighted by Crippen LogP contribution is 2.01. The molecule has 0 heterocycles. The average Bonchev–Trinajstić information content (AvgIpc) is 2.21. The molecule has 0 saturated carbocycles. The van der Waals surface area contributed by atoms with Crippen LogP contribution in [0.25, 0.3) is 0 Å². The van der Waals surface area contributed by atoms with Gasteiger partial charge in [-0.2, -0.15) is 0 Å². The maximum absolute atomic E-state index is 11.1. The van der Waals surface area contributed by atoms with Gasteiger partial charge < -0.3 is 20.7 Å². The first-order valence-corrected chi connectivity index (χ1v) is 4.44. The van der Waals surface area contributed by atoms with Crippen LogP contribution in [0.15, 0.2) is 11.6 Å². The van der Waals surface area contributed by atoms with Crippen LogP contribution in [0.2, 0.25) is 0 Å². The molecule has 0 aliphatic rings. The lowest BCUT2D eigenvalue weighted by atomic mass is 10.2. The lowest BCUT2D eigenvalue weighted by molar-refractivity contribution is -0.139. The van der Waals surface area contributed by atoms with Crippen LogP contribution in [0.5, 0.6) is 0 Å². The predicted octanol–water partition coefficient (Wildman–Crippen LogP) is -0.822. The molecule has 82 valence electrons. The van der Waals surface area contributed by atoms with E-state index in [4.69, 9.17) is 15.9 Å². The van der Waals surface area contributed by atoms with Gasteiger partial charge in [-0.25, -0.2) is 4.79 Å². The van der Waals surface area contributed by atoms with Crippen LogP contribution in [0.4, 0.5) is 0 Å². The first kappa shape index (κ1) is 13.1. The number of carbonyl (C=O) groups excluding carboxylic acids is 1. The Labute approximate surface area is 83.2 Å². The second kappa shape index (κ2) is 7.49. The Balaban J connectivity index is 3.91. The zero-order valence-corrected chi connectivity index (χ0v) is 8.27. The van der Waals surface area contributed by atoms with Gasteiger partial charge in [-0.1, -0.05) is 6.08 Å². The van der Waals surface area contributed by atoms with Crippen molar-refractivity contribution in [2.24, 2.45) is 5.73 Å². The molecule has 0 aliphatic carbocycles. The minimum atomic E-state index is -0.629. The van der Waals surface area contributed by atoms with E-state index in [1.807, 2.05) is 0 Å². The van der Waals surface area contributed by atoms with E-state index in [0.29, 0.717) is 12.0 Å². The first-order chi connectivity index (χ1) is 6.61. The molecule has 1 unspecified atom stereocenters. The second-order valence-electron chi connectivity index (χ2n) is 2.87. The fourth-order valence-corrected chi connectivity index (χ4v) is 0.745. The fraction of sp³-hybridized carbons (Fsp3) is 0.667. The summed E-state index contributed by atoms with van der Waals surface area (Å²) in [5, 5.41) is 17.5. The zero-order valence-electron chi connectivity index (χ0n) is 8.27. The number of nitrogens with two attached hydrogens (primary N) is 1. The summed E-state index contributed by atoms with van der Waals surface area (Å²) in [4.78, 5) is 11.1. The molecule has 0 saturated heterocycles. The van der Waals surface area contributed by atoms with E-state index in [9.17, 15) is 4.79 Å². The average molecular weight is 203 g/mol. The number of esters is 1. The summed E-state index contributed by atoms with van der Waals surface area (Å²) in [6.45, 7) is 1.55. The van der Waals surface area contributed by atoms with Crippen molar-refractivity contribution in [3.63, 3.8) is 0 Å². The van der Waals surface area contributed by atoms with Gasteiger partial charge in [0.25, 0.3) is 0 Å². The van der Waals surface area contributed by atoms with Gasteiger partial charge >= 0.3 is 5.97 Å². The van der Waals surface area contributed by atoms with Crippen LogP contribution >= 0.6 is 0 Å². The number of aliphatic hydroxyl groups excluding tert-OH is 2. The third kappa shape index (κ3) is 5.69. The Hall–Kier alpha value is -0.910. The minimum absolute atomic E-state index is 0.0105. The molecule has 1 atom stereocenters. The van der Waals surface area contributed by atoms with E-state index in [1.165, 1.54) is 0 Å². The standard InChI is InChI=1S/C9H17NO4/c1-7(2-3-8(12)6-10)9(13)14-5-4-11/h2,8,11-12H,3-6,10H2,1H3. The Morgan fingerprint density at radius 1 is 1.64 bits per heavy atom. The molecule has 0 aromatic heterocycles. The Morgan fingerprint density at radius 2 is 2.29 bits per heavy atom. The maximum atomic E-state index is 11.1. The van der Waals surface area contributed by atoms with Crippen LogP contribution in [-0.2, 0) is 9.53 Å². The summed E-state index contributed by atoms with van der Waals surface area (Å²) in [6.07, 6.45) is 1.27. The van der Waals surface area contributed by atoms with Gasteiger partial charge in [0.15, 0.2) is 0 Å². The topological polar surface area (TPSA) is 92.8 Å². The summed E-state index contributed by atoms with van der Waals surface area (Å²) in [5.41, 5.74) is 5.59. The summed E-state index contributed by atoms with van der Waals surface area (Å²) < 4.78 is 4.65. The molecule has 0 amide bonds. The molecule has 0 radical (unpaired) electrons. The van der Waals surface area contributed by atoms with E-state index in [1.54, 1.807) is 13.0 Å². The van der Waals surface area contributed by atoms with Gasteiger partial charge in [-0.3, -0.25) is 0 Å². The van der Waals surface area contributed by atoms with Crippen molar-refractivity contribution >= 4 is 5.97 Å². The molecule has 0 aliphatic heterocycles. The highest BCUT2D eigenvalue weighted by Gasteiger charge is 2.06. The monoisotopic (exact) mass is 203 g/mol. The predicted molar refractivity (Wildman–Crippen MR) is 51.5 cm³/mol. The molecule has 4 N–H and O–H groups in total. The summed E-state index contributed by atoms with van der Waals surface area (Å²) in [5.74, 6) is -0.483. The van der Waals surface area contributed by atoms with Crippen molar-refractivity contribution in [1.82, 2.24) is 0 Å². The van der Waals surface area contributed by atoms with E-state index in [-0.39, 0.29) is 19.8 Å². The number of hydrogen-bond donors (Lipinski definition) is 3. The summed E-state index contributed by atoms with van der Waals surface area (Å²) in [7, 11) is 0. The Morgan fingerprint density at radius 3 is 2.79 bits per heavy atom. The molecular formula is C9H17NO4. The highest BCUT2D eigenvalue weighted by molar-refractivity contribution is 5.87. The lowest BCUT2D eigenvalue weighted by Gasteiger charge is -2.05. The van der Waals surface area contributed by atoms with Crippen molar-refractivity contribution < 1.29 is 19.7 Å². The van der Waals surface area contributed by atoms with Gasteiger partial charge in [-0.05, 0) is 13.3 Å². The van der Waals surface area contributed by atoms with Crippen molar-refractivity contribution in [3.05, 3.63) is 11.6 Å². The molecular weight excluding hydrogens is 186 g/mol. The second-order valence-corrected chi connectivity index (χ2v) is 2.87. The van der Waals surface area contributed by atoms with Crippen LogP contribution in [0.1, 0.15) is 13.3 Å². The molecule has 5 heteroatoms. The number of carbonyl (C=O) groups is 1. The van der Waals surface area contributed by atoms with E-state index in [0.717, 1.165) is 0 Å². The zero-order chi connectivity index (χ0) is 11.0. The number of hydrogen-bond acceptors (Lipinski definition) is 5. The molecule has 0 rings (SSSR count). The SMILES string of the molecule is CC(=CCC(O)CN)C(=O)OCCO. The molecule has 0 bridgehead atoms. The highest BCUT2D eigenvalue weighted by atomic mass is 16.5. The normalized spacial score (nSPS) is 13.9. The van der Waals surface area contributed by atoms with Gasteiger partial charge in [0.05, 0.1) is 12.7 Å². The lowest BCUT2D eigenvalue weighted by Crippen LogP contribution is -2.19. The van der Waals surface area contributed by atoms with Crippen LogP contribution in [0.3, 0.4) is 0 Å². The van der Waals surface area contributed by atoms with E-state index >= 15 is 0 Å². The Bertz CT molecular complexity index is 203. The molecule has 14 heavy (non-hydrogen) atoms. The van der Waals surface area contributed by atoms with Crippen LogP contribution in [-0.4, -0.2) is 42.0 Å². The third-order valence-electron chi connectivity index (χ3n) is 1.61. The molecule has 0 spiro atoms. The maximum Gasteiger partial charge on any atom is 0.333 e. The number of rotatable bonds is 6. The van der Waals surface area contributed by atoms with Gasteiger partial charge in [0.1, 0.15) is 6.61 Å². The van der Waals surface area contributed by atoms with E-state index in [2.05, 4.69) is 4.74 Å². The van der Waals surface area contributed by atoms with Gasteiger partial charge in [0, 0.05) is 12.1 Å². The quantitative estimate of drug-likeness (QED) is 0.387. The number of aliphatic hydroxyl groups is 2. The first-order valence-electron chi connectivity index (χ1n) is 4.44. The van der Waals surface area contributed by atoms with Crippen molar-refractivity contribution in [1.29, 1.82) is 0 Å². The van der Waals surface area contributed by atoms with Gasteiger partial charge in [0.2, 0.25) is 0 Å². The fourth-order valence-electron chi connectivity index (χ4n) is 0.745. The molecule has 0 fully saturated rings. The molecule has 5 nitrogen and oxygen atoms in total.